The summed E-state index contributed by atoms with van der Waals surface area (Å²) in [5, 5.41) is 9.75. The van der Waals surface area contributed by atoms with Gasteiger partial charge in [-0.15, -0.1) is 0 Å². The van der Waals surface area contributed by atoms with Crippen molar-refractivity contribution < 1.29 is 14.3 Å². The molecule has 1 N–H and O–H groups in total. The van der Waals surface area contributed by atoms with Crippen molar-refractivity contribution in [1.82, 2.24) is 4.90 Å². The molecular weight excluding hydrogens is 281 g/mol. The molecule has 3 nitrogen and oxygen atoms in total. The van der Waals surface area contributed by atoms with Crippen LogP contribution in [-0.4, -0.2) is 29.0 Å². The predicted molar refractivity (Wildman–Crippen MR) is 82.1 cm³/mol. The SMILES string of the molecule is O=C(Cc1ccccc1O)N1CCC(c2cccc(F)c2)C1. The zero-order valence-corrected chi connectivity index (χ0v) is 12.2. The molecule has 0 radical (unpaired) electrons. The Hall–Kier alpha value is -2.36. The number of amides is 1. The number of phenols is 1. The van der Waals surface area contributed by atoms with E-state index in [4.69, 9.17) is 0 Å². The van der Waals surface area contributed by atoms with Crippen LogP contribution >= 0.6 is 0 Å². The second-order valence-electron chi connectivity index (χ2n) is 5.69. The first-order chi connectivity index (χ1) is 10.6. The second kappa shape index (κ2) is 6.18. The average Bonchev–Trinajstić information content (AvgIpc) is 2.99. The molecule has 1 unspecified atom stereocenters. The van der Waals surface area contributed by atoms with Gasteiger partial charge in [-0.3, -0.25) is 4.79 Å². The van der Waals surface area contributed by atoms with Crippen LogP contribution < -0.4 is 0 Å². The minimum atomic E-state index is -0.239. The van der Waals surface area contributed by atoms with Crippen LogP contribution in [0.3, 0.4) is 0 Å². The Morgan fingerprint density at radius 3 is 2.82 bits per heavy atom. The fourth-order valence-electron chi connectivity index (χ4n) is 2.95. The van der Waals surface area contributed by atoms with Crippen LogP contribution in [0.5, 0.6) is 5.75 Å². The third-order valence-corrected chi connectivity index (χ3v) is 4.19. The lowest BCUT2D eigenvalue weighted by Crippen LogP contribution is -2.29. The molecule has 2 aromatic rings. The Bertz CT molecular complexity index is 686. The lowest BCUT2D eigenvalue weighted by Gasteiger charge is -2.17. The number of aromatic hydroxyl groups is 1. The standard InChI is InChI=1S/C18H18FNO2/c19-16-6-3-5-13(10-16)15-8-9-20(12-15)18(22)11-14-4-1-2-7-17(14)21/h1-7,10,15,21H,8-9,11-12H2. The molecule has 22 heavy (non-hydrogen) atoms. The molecule has 1 atom stereocenters. The highest BCUT2D eigenvalue weighted by molar-refractivity contribution is 5.79. The Morgan fingerprint density at radius 1 is 1.23 bits per heavy atom. The summed E-state index contributed by atoms with van der Waals surface area (Å²) in [5.74, 6) is 0.0950. The van der Waals surface area contributed by atoms with Crippen molar-refractivity contribution in [2.45, 2.75) is 18.8 Å². The summed E-state index contributed by atoms with van der Waals surface area (Å²) >= 11 is 0. The summed E-state index contributed by atoms with van der Waals surface area (Å²) in [6.07, 6.45) is 1.04. The van der Waals surface area contributed by atoms with Crippen molar-refractivity contribution >= 4 is 5.91 Å². The van der Waals surface area contributed by atoms with E-state index in [1.54, 1.807) is 35.2 Å². The van der Waals surface area contributed by atoms with Gasteiger partial charge < -0.3 is 10.0 Å². The molecule has 4 heteroatoms. The van der Waals surface area contributed by atoms with Crippen molar-refractivity contribution in [3.8, 4) is 5.75 Å². The lowest BCUT2D eigenvalue weighted by molar-refractivity contribution is -0.129. The molecular formula is C18H18FNO2. The Morgan fingerprint density at radius 2 is 2.05 bits per heavy atom. The van der Waals surface area contributed by atoms with E-state index < -0.39 is 0 Å². The van der Waals surface area contributed by atoms with Gasteiger partial charge in [0.1, 0.15) is 11.6 Å². The van der Waals surface area contributed by atoms with Gasteiger partial charge in [-0.2, -0.15) is 0 Å². The van der Waals surface area contributed by atoms with E-state index in [2.05, 4.69) is 0 Å². The van der Waals surface area contributed by atoms with Crippen molar-refractivity contribution in [1.29, 1.82) is 0 Å². The Labute approximate surface area is 129 Å². The first kappa shape index (κ1) is 14.6. The summed E-state index contributed by atoms with van der Waals surface area (Å²) in [7, 11) is 0. The van der Waals surface area contributed by atoms with Crippen LogP contribution in [0, 0.1) is 5.82 Å². The van der Waals surface area contributed by atoms with Crippen LogP contribution in [0.15, 0.2) is 48.5 Å². The highest BCUT2D eigenvalue weighted by atomic mass is 19.1. The molecule has 0 aromatic heterocycles. The molecule has 114 valence electrons. The Balaban J connectivity index is 1.65. The molecule has 0 bridgehead atoms. The van der Waals surface area contributed by atoms with E-state index in [1.807, 2.05) is 12.1 Å². The number of hydrogen-bond donors (Lipinski definition) is 1. The molecule has 0 saturated carbocycles. The molecule has 0 aliphatic carbocycles. The molecule has 0 spiro atoms. The molecule has 1 fully saturated rings. The smallest absolute Gasteiger partial charge is 0.227 e. The fraction of sp³-hybridized carbons (Fsp3) is 0.278. The number of halogens is 1. The number of rotatable bonds is 3. The van der Waals surface area contributed by atoms with E-state index in [1.165, 1.54) is 6.07 Å². The summed E-state index contributed by atoms with van der Waals surface area (Å²) in [5.41, 5.74) is 1.58. The molecule has 1 aliphatic rings. The third-order valence-electron chi connectivity index (χ3n) is 4.19. The minimum Gasteiger partial charge on any atom is -0.508 e. The van der Waals surface area contributed by atoms with Crippen molar-refractivity contribution in [3.63, 3.8) is 0 Å². The number of carbonyl (C=O) groups excluding carboxylic acids is 1. The maximum atomic E-state index is 13.3. The average molecular weight is 299 g/mol. The zero-order valence-electron chi connectivity index (χ0n) is 12.2. The van der Waals surface area contributed by atoms with Gasteiger partial charge in [0.15, 0.2) is 0 Å². The van der Waals surface area contributed by atoms with Gasteiger partial charge >= 0.3 is 0 Å². The zero-order chi connectivity index (χ0) is 15.5. The van der Waals surface area contributed by atoms with E-state index >= 15 is 0 Å². The summed E-state index contributed by atoms with van der Waals surface area (Å²) in [6.45, 7) is 1.28. The van der Waals surface area contributed by atoms with E-state index in [0.717, 1.165) is 12.0 Å². The Kier molecular flexibility index (Phi) is 4.09. The second-order valence-corrected chi connectivity index (χ2v) is 5.69. The largest absolute Gasteiger partial charge is 0.508 e. The molecule has 1 aliphatic heterocycles. The monoisotopic (exact) mass is 299 g/mol. The molecule has 1 amide bonds. The third kappa shape index (κ3) is 3.11. The van der Waals surface area contributed by atoms with Gasteiger partial charge in [0.05, 0.1) is 6.42 Å². The predicted octanol–water partition coefficient (Wildman–Crippen LogP) is 3.09. The van der Waals surface area contributed by atoms with E-state index in [-0.39, 0.29) is 29.8 Å². The van der Waals surface area contributed by atoms with Crippen LogP contribution in [-0.2, 0) is 11.2 Å². The number of likely N-dealkylation sites (tertiary alicyclic amines) is 1. The van der Waals surface area contributed by atoms with Gasteiger partial charge in [0.2, 0.25) is 5.91 Å². The normalized spacial score (nSPS) is 17.7. The first-order valence-corrected chi connectivity index (χ1v) is 7.43. The van der Waals surface area contributed by atoms with E-state index in [0.29, 0.717) is 18.7 Å². The van der Waals surface area contributed by atoms with Crippen LogP contribution in [0.2, 0.25) is 0 Å². The summed E-state index contributed by atoms with van der Waals surface area (Å²) < 4.78 is 13.3. The lowest BCUT2D eigenvalue weighted by atomic mass is 9.98. The number of nitrogens with zero attached hydrogens (tertiary/aromatic N) is 1. The summed E-state index contributed by atoms with van der Waals surface area (Å²) in [4.78, 5) is 14.1. The number of phenolic OH excluding ortho intramolecular Hbond substituents is 1. The van der Waals surface area contributed by atoms with Gasteiger partial charge in [-0.25, -0.2) is 4.39 Å². The van der Waals surface area contributed by atoms with Crippen LogP contribution in [0.1, 0.15) is 23.5 Å². The fourth-order valence-corrected chi connectivity index (χ4v) is 2.95. The van der Waals surface area contributed by atoms with Crippen molar-refractivity contribution in [3.05, 3.63) is 65.5 Å². The molecule has 1 saturated heterocycles. The van der Waals surface area contributed by atoms with E-state index in [9.17, 15) is 14.3 Å². The molecule has 1 heterocycles. The van der Waals surface area contributed by atoms with Gasteiger partial charge in [0.25, 0.3) is 0 Å². The molecule has 3 rings (SSSR count). The minimum absolute atomic E-state index is 0.000373. The number of benzene rings is 2. The van der Waals surface area contributed by atoms with Gasteiger partial charge in [0, 0.05) is 24.6 Å². The maximum absolute atomic E-state index is 13.3. The van der Waals surface area contributed by atoms with Gasteiger partial charge in [-0.05, 0) is 30.2 Å². The van der Waals surface area contributed by atoms with Crippen molar-refractivity contribution in [2.75, 3.05) is 13.1 Å². The maximum Gasteiger partial charge on any atom is 0.227 e. The highest BCUT2D eigenvalue weighted by Crippen LogP contribution is 2.28. The van der Waals surface area contributed by atoms with Gasteiger partial charge in [-0.1, -0.05) is 30.3 Å². The molecule has 2 aromatic carbocycles. The quantitative estimate of drug-likeness (QED) is 0.946. The number of hydrogen-bond acceptors (Lipinski definition) is 2. The topological polar surface area (TPSA) is 40.5 Å². The highest BCUT2D eigenvalue weighted by Gasteiger charge is 2.27. The van der Waals surface area contributed by atoms with Crippen LogP contribution in [0.4, 0.5) is 4.39 Å². The number of para-hydroxylation sites is 1. The van der Waals surface area contributed by atoms with Crippen LogP contribution in [0.25, 0.3) is 0 Å². The summed E-state index contributed by atoms with van der Waals surface area (Å²) in [6, 6.07) is 13.5. The first-order valence-electron chi connectivity index (χ1n) is 7.43. The van der Waals surface area contributed by atoms with Crippen molar-refractivity contribution in [2.24, 2.45) is 0 Å². The number of carbonyl (C=O) groups is 1.